The molecule has 0 aromatic rings. The van der Waals surface area contributed by atoms with Crippen molar-refractivity contribution in [3.05, 3.63) is 0 Å². The average Bonchev–Trinajstić information content (AvgIpc) is 2.55. The number of Topliss-reactive ketones (excluding diaryl/α,β-unsaturated/α-hetero) is 2. The van der Waals surface area contributed by atoms with E-state index in [0.717, 1.165) is 51.6 Å². The number of hydrogen-bond acceptors (Lipinski definition) is 6. The Balaban J connectivity index is 0. The molecule has 0 radical (unpaired) electrons. The fourth-order valence-corrected chi connectivity index (χ4v) is 2.40. The maximum atomic E-state index is 11.0. The third kappa shape index (κ3) is 16.1. The molecule has 2 atom stereocenters. The summed E-state index contributed by atoms with van der Waals surface area (Å²) in [4.78, 5) is 21.9. The maximum absolute atomic E-state index is 11.0. The lowest BCUT2D eigenvalue weighted by Gasteiger charge is -2.11. The zero-order valence-electron chi connectivity index (χ0n) is 16.6. The summed E-state index contributed by atoms with van der Waals surface area (Å²) in [5.74, 6) is 0.476. The van der Waals surface area contributed by atoms with Crippen molar-refractivity contribution in [1.82, 2.24) is 21.3 Å². The first-order chi connectivity index (χ1) is 11.4. The summed E-state index contributed by atoms with van der Waals surface area (Å²) in [6.07, 6.45) is 6.39. The van der Waals surface area contributed by atoms with Gasteiger partial charge in [-0.05, 0) is 80.8 Å². The van der Waals surface area contributed by atoms with E-state index in [1.807, 2.05) is 28.2 Å². The molecular weight excluding hydrogens is 304 g/mol. The van der Waals surface area contributed by atoms with Crippen molar-refractivity contribution in [1.29, 1.82) is 0 Å². The third-order valence-electron chi connectivity index (χ3n) is 4.02. The van der Waals surface area contributed by atoms with Crippen LogP contribution in [0, 0.1) is 0 Å². The number of rotatable bonds is 14. The highest BCUT2D eigenvalue weighted by Gasteiger charge is 2.10. The molecule has 0 aromatic carbocycles. The second-order valence-corrected chi connectivity index (χ2v) is 6.10. The molecule has 0 amide bonds. The van der Waals surface area contributed by atoms with Crippen molar-refractivity contribution in [2.45, 2.75) is 64.5 Å². The Labute approximate surface area is 148 Å². The van der Waals surface area contributed by atoms with E-state index in [1.165, 1.54) is 0 Å². The van der Waals surface area contributed by atoms with Crippen molar-refractivity contribution < 1.29 is 9.59 Å². The summed E-state index contributed by atoms with van der Waals surface area (Å²) < 4.78 is 0. The van der Waals surface area contributed by atoms with Crippen molar-refractivity contribution >= 4 is 11.6 Å². The van der Waals surface area contributed by atoms with Crippen LogP contribution in [-0.4, -0.2) is 64.9 Å². The molecule has 144 valence electrons. The highest BCUT2D eigenvalue weighted by atomic mass is 16.1. The highest BCUT2D eigenvalue weighted by molar-refractivity contribution is 5.81. The minimum atomic E-state index is 0.0573. The number of carbonyl (C=O) groups is 2. The molecule has 6 nitrogen and oxygen atoms in total. The van der Waals surface area contributed by atoms with Crippen LogP contribution in [0.25, 0.3) is 0 Å². The van der Waals surface area contributed by atoms with E-state index in [0.29, 0.717) is 0 Å². The van der Waals surface area contributed by atoms with Gasteiger partial charge in [-0.1, -0.05) is 12.8 Å². The molecule has 0 saturated heterocycles. The van der Waals surface area contributed by atoms with E-state index in [2.05, 4.69) is 21.3 Å². The highest BCUT2D eigenvalue weighted by Crippen LogP contribution is 2.01. The largest absolute Gasteiger partial charge is 0.320 e. The smallest absolute Gasteiger partial charge is 0.146 e. The van der Waals surface area contributed by atoms with Gasteiger partial charge in [-0.15, -0.1) is 0 Å². The molecule has 6 heteroatoms. The van der Waals surface area contributed by atoms with Gasteiger partial charge in [-0.3, -0.25) is 9.59 Å². The monoisotopic (exact) mass is 344 g/mol. The first-order valence-electron chi connectivity index (χ1n) is 9.09. The SMILES string of the molecule is CNCCCC[C@@H](NC)C(C)=O.CNCCCC[C@@H](NC)C(C)=O. The van der Waals surface area contributed by atoms with Crippen LogP contribution in [0.2, 0.25) is 0 Å². The summed E-state index contributed by atoms with van der Waals surface area (Å²) in [6, 6.07) is 0.115. The van der Waals surface area contributed by atoms with Crippen molar-refractivity contribution in [2.24, 2.45) is 0 Å². The summed E-state index contributed by atoms with van der Waals surface area (Å²) >= 11 is 0. The van der Waals surface area contributed by atoms with Gasteiger partial charge < -0.3 is 21.3 Å². The van der Waals surface area contributed by atoms with Gasteiger partial charge in [0.15, 0.2) is 0 Å². The Kier molecular flexibility index (Phi) is 19.6. The van der Waals surface area contributed by atoms with Gasteiger partial charge >= 0.3 is 0 Å². The van der Waals surface area contributed by atoms with Crippen LogP contribution in [0.5, 0.6) is 0 Å². The van der Waals surface area contributed by atoms with E-state index in [1.54, 1.807) is 13.8 Å². The lowest BCUT2D eigenvalue weighted by Crippen LogP contribution is -2.32. The summed E-state index contributed by atoms with van der Waals surface area (Å²) in [5.41, 5.74) is 0. The predicted molar refractivity (Wildman–Crippen MR) is 103 cm³/mol. The molecule has 0 bridgehead atoms. The average molecular weight is 345 g/mol. The van der Waals surface area contributed by atoms with Crippen molar-refractivity contribution in [3.8, 4) is 0 Å². The molecule has 0 spiro atoms. The molecule has 0 aliphatic rings. The standard InChI is InChI=1S/2C9H20N2O/c2*1-8(12)9(11-3)6-4-5-7-10-2/h2*9-11H,4-7H2,1-3H3/t2*9-/m11/s1. The lowest BCUT2D eigenvalue weighted by atomic mass is 10.1. The summed E-state index contributed by atoms with van der Waals surface area (Å²) in [5, 5.41) is 12.2. The number of nitrogens with one attached hydrogen (secondary N) is 4. The topological polar surface area (TPSA) is 82.3 Å². The number of carbonyl (C=O) groups excluding carboxylic acids is 2. The van der Waals surface area contributed by atoms with Gasteiger partial charge in [0.25, 0.3) is 0 Å². The van der Waals surface area contributed by atoms with Crippen LogP contribution < -0.4 is 21.3 Å². The van der Waals surface area contributed by atoms with Crippen LogP contribution in [0.15, 0.2) is 0 Å². The van der Waals surface area contributed by atoms with Crippen molar-refractivity contribution in [3.63, 3.8) is 0 Å². The zero-order chi connectivity index (χ0) is 18.8. The fraction of sp³-hybridized carbons (Fsp3) is 0.889. The van der Waals surface area contributed by atoms with Gasteiger partial charge in [-0.25, -0.2) is 0 Å². The third-order valence-corrected chi connectivity index (χ3v) is 4.02. The molecule has 0 aliphatic heterocycles. The molecular formula is C18H40N4O2. The molecule has 0 saturated carbocycles. The second-order valence-electron chi connectivity index (χ2n) is 6.10. The Morgan fingerprint density at radius 2 is 1.00 bits per heavy atom. The minimum Gasteiger partial charge on any atom is -0.320 e. The van der Waals surface area contributed by atoms with Crippen molar-refractivity contribution in [2.75, 3.05) is 41.3 Å². The van der Waals surface area contributed by atoms with Crippen LogP contribution in [0.4, 0.5) is 0 Å². The minimum absolute atomic E-state index is 0.0573. The Bertz CT molecular complexity index is 281. The van der Waals surface area contributed by atoms with E-state index in [4.69, 9.17) is 0 Å². The molecule has 0 fully saturated rings. The molecule has 0 aromatic heterocycles. The first-order valence-corrected chi connectivity index (χ1v) is 9.09. The Morgan fingerprint density at radius 3 is 1.21 bits per heavy atom. The van der Waals surface area contributed by atoms with Gasteiger partial charge in [0.1, 0.15) is 11.6 Å². The molecule has 0 heterocycles. The predicted octanol–water partition coefficient (Wildman–Crippen LogP) is 1.11. The fourth-order valence-electron chi connectivity index (χ4n) is 2.40. The summed E-state index contributed by atoms with van der Waals surface area (Å²) in [6.45, 7) is 5.35. The Morgan fingerprint density at radius 1 is 0.667 bits per heavy atom. The number of hydrogen-bond donors (Lipinski definition) is 4. The van der Waals surface area contributed by atoms with E-state index in [-0.39, 0.29) is 23.7 Å². The molecule has 0 unspecified atom stereocenters. The quantitative estimate of drug-likeness (QED) is 0.353. The summed E-state index contributed by atoms with van der Waals surface area (Å²) in [7, 11) is 7.56. The molecule has 0 rings (SSSR count). The molecule has 0 aliphatic carbocycles. The normalized spacial score (nSPS) is 12.9. The van der Waals surface area contributed by atoms with Gasteiger partial charge in [0.2, 0.25) is 0 Å². The van der Waals surface area contributed by atoms with Gasteiger partial charge in [0, 0.05) is 0 Å². The van der Waals surface area contributed by atoms with Gasteiger partial charge in [-0.2, -0.15) is 0 Å². The van der Waals surface area contributed by atoms with E-state index >= 15 is 0 Å². The lowest BCUT2D eigenvalue weighted by molar-refractivity contribution is -0.119. The zero-order valence-corrected chi connectivity index (χ0v) is 16.6. The van der Waals surface area contributed by atoms with E-state index in [9.17, 15) is 9.59 Å². The van der Waals surface area contributed by atoms with E-state index < -0.39 is 0 Å². The molecule has 4 N–H and O–H groups in total. The van der Waals surface area contributed by atoms with Gasteiger partial charge in [0.05, 0.1) is 12.1 Å². The Hall–Kier alpha value is -0.820. The number of ketones is 2. The van der Waals surface area contributed by atoms with Crippen LogP contribution in [0.3, 0.4) is 0 Å². The molecule has 24 heavy (non-hydrogen) atoms. The van der Waals surface area contributed by atoms with Crippen LogP contribution >= 0.6 is 0 Å². The maximum Gasteiger partial charge on any atom is 0.146 e. The second kappa shape index (κ2) is 18.5. The first kappa shape index (κ1) is 25.4. The number of unbranched alkanes of at least 4 members (excludes halogenated alkanes) is 2. The number of likely N-dealkylation sites (N-methyl/N-ethyl adjacent to an activating group) is 2. The van der Waals surface area contributed by atoms with Crippen LogP contribution in [0.1, 0.15) is 52.4 Å². The van der Waals surface area contributed by atoms with Crippen LogP contribution in [-0.2, 0) is 9.59 Å².